The average molecular weight is 356 g/mol. The molecule has 4 nitrogen and oxygen atoms in total. The zero-order valence-electron chi connectivity index (χ0n) is 14.9. The first-order valence-electron chi connectivity index (χ1n) is 9.34. The summed E-state index contributed by atoms with van der Waals surface area (Å²) in [6, 6.07) is 8.81. The molecule has 0 unspecified atom stereocenters. The second kappa shape index (κ2) is 5.45. The summed E-state index contributed by atoms with van der Waals surface area (Å²) in [7, 11) is 4.09. The fraction of sp³-hybridized carbons (Fsp3) is 0.550. The monoisotopic (exact) mass is 355 g/mol. The maximum atomic E-state index is 13.0. The molecule has 3 saturated heterocycles. The Labute approximate surface area is 152 Å². The van der Waals surface area contributed by atoms with E-state index in [0.29, 0.717) is 17.5 Å². The highest BCUT2D eigenvalue weighted by molar-refractivity contribution is 7.20. The second-order valence-corrected chi connectivity index (χ2v) is 9.19. The molecule has 1 amide bonds. The number of piperidine rings is 3. The lowest BCUT2D eigenvalue weighted by Gasteiger charge is -2.52. The second-order valence-electron chi connectivity index (χ2n) is 8.11. The zero-order chi connectivity index (χ0) is 17.2. The first kappa shape index (κ1) is 15.6. The van der Waals surface area contributed by atoms with Gasteiger partial charge in [0.2, 0.25) is 0 Å². The third-order valence-corrected chi connectivity index (χ3v) is 7.61. The van der Waals surface area contributed by atoms with E-state index in [2.05, 4.69) is 39.4 Å². The van der Waals surface area contributed by atoms with Gasteiger partial charge >= 0.3 is 0 Å². The van der Waals surface area contributed by atoms with Gasteiger partial charge in [0, 0.05) is 30.0 Å². The van der Waals surface area contributed by atoms with Gasteiger partial charge in [-0.05, 0) is 68.3 Å². The van der Waals surface area contributed by atoms with Crippen LogP contribution < -0.4 is 10.2 Å². The summed E-state index contributed by atoms with van der Waals surface area (Å²) in [5.74, 6) is 0.795. The van der Waals surface area contributed by atoms with E-state index in [9.17, 15) is 4.79 Å². The highest BCUT2D eigenvalue weighted by Gasteiger charge is 2.60. The van der Waals surface area contributed by atoms with Crippen LogP contribution in [0.1, 0.15) is 35.4 Å². The van der Waals surface area contributed by atoms with Gasteiger partial charge in [-0.25, -0.2) is 0 Å². The molecule has 1 atom stereocenters. The molecular weight excluding hydrogens is 330 g/mol. The first-order chi connectivity index (χ1) is 12.1. The molecule has 5 heteroatoms. The number of thiophene rings is 1. The number of carbonyl (C=O) groups is 1. The Morgan fingerprint density at radius 3 is 2.68 bits per heavy atom. The molecule has 3 aliphatic heterocycles. The Morgan fingerprint density at radius 1 is 1.24 bits per heavy atom. The van der Waals surface area contributed by atoms with Gasteiger partial charge < -0.3 is 10.2 Å². The predicted molar refractivity (Wildman–Crippen MR) is 104 cm³/mol. The lowest BCUT2D eigenvalue weighted by molar-refractivity contribution is -0.00138. The van der Waals surface area contributed by atoms with Crippen molar-refractivity contribution >= 4 is 33.0 Å². The number of rotatable bonds is 3. The molecule has 25 heavy (non-hydrogen) atoms. The van der Waals surface area contributed by atoms with E-state index in [0.717, 1.165) is 10.3 Å². The quantitative estimate of drug-likeness (QED) is 0.917. The standard InChI is InChI=1S/C20H25N3OS/c1-22(2)15-4-3-14-11-17(25-16(14)12-15)19(24)21-18-13-5-9-23(10-6-13)20(18)7-8-20/h3-4,11-13,18H,5-10H2,1-2H3,(H,21,24)/t18-/m0/s1. The lowest BCUT2D eigenvalue weighted by Crippen LogP contribution is -2.65. The molecule has 4 aliphatic rings. The Kier molecular flexibility index (Phi) is 3.41. The summed E-state index contributed by atoms with van der Waals surface area (Å²) in [6.45, 7) is 2.46. The normalized spacial score (nSPS) is 29.1. The number of fused-ring (bicyclic) bond motifs is 3. The molecule has 2 bridgehead atoms. The van der Waals surface area contributed by atoms with Crippen molar-refractivity contribution in [2.75, 3.05) is 32.1 Å². The number of nitrogens with zero attached hydrogens (tertiary/aromatic N) is 2. The molecule has 1 aromatic carbocycles. The van der Waals surface area contributed by atoms with Gasteiger partial charge in [0.05, 0.1) is 10.9 Å². The topological polar surface area (TPSA) is 35.6 Å². The Hall–Kier alpha value is -1.59. The Balaban J connectivity index is 1.40. The van der Waals surface area contributed by atoms with E-state index < -0.39 is 0 Å². The van der Waals surface area contributed by atoms with Crippen LogP contribution in [0.15, 0.2) is 24.3 Å². The molecule has 132 valence electrons. The minimum Gasteiger partial charge on any atom is -0.378 e. The fourth-order valence-corrected chi connectivity index (χ4v) is 5.94. The van der Waals surface area contributed by atoms with Crippen molar-refractivity contribution in [1.82, 2.24) is 10.2 Å². The van der Waals surface area contributed by atoms with Crippen molar-refractivity contribution in [3.8, 4) is 0 Å². The highest BCUT2D eigenvalue weighted by Crippen LogP contribution is 2.53. The van der Waals surface area contributed by atoms with Crippen LogP contribution in [0.4, 0.5) is 5.69 Å². The fourth-order valence-electron chi connectivity index (χ4n) is 4.94. The summed E-state index contributed by atoms with van der Waals surface area (Å²) >= 11 is 1.61. The van der Waals surface area contributed by atoms with Gasteiger partial charge in [0.1, 0.15) is 0 Å². The van der Waals surface area contributed by atoms with Gasteiger partial charge in [-0.1, -0.05) is 6.07 Å². The largest absolute Gasteiger partial charge is 0.378 e. The SMILES string of the molecule is CN(C)c1ccc2cc(C(=O)N[C@H]3C4CCN(CC4)C34CC4)sc2c1. The van der Waals surface area contributed by atoms with Crippen LogP contribution >= 0.6 is 11.3 Å². The molecule has 1 saturated carbocycles. The van der Waals surface area contributed by atoms with E-state index in [4.69, 9.17) is 0 Å². The van der Waals surface area contributed by atoms with Crippen molar-refractivity contribution in [2.45, 2.75) is 37.3 Å². The number of hydrogen-bond acceptors (Lipinski definition) is 4. The summed E-state index contributed by atoms with van der Waals surface area (Å²) in [5.41, 5.74) is 1.47. The molecule has 6 rings (SSSR count). The summed E-state index contributed by atoms with van der Waals surface area (Å²) in [5, 5.41) is 4.60. The molecule has 4 heterocycles. The molecular formula is C20H25N3OS. The van der Waals surface area contributed by atoms with Crippen LogP contribution in [0.3, 0.4) is 0 Å². The van der Waals surface area contributed by atoms with Crippen molar-refractivity contribution < 1.29 is 4.79 Å². The van der Waals surface area contributed by atoms with Crippen LogP contribution in [0, 0.1) is 5.92 Å². The number of amides is 1. The zero-order valence-corrected chi connectivity index (χ0v) is 15.7. The molecule has 0 radical (unpaired) electrons. The average Bonchev–Trinajstić information content (AvgIpc) is 3.27. The molecule has 1 N–H and O–H groups in total. The van der Waals surface area contributed by atoms with Gasteiger partial charge in [0.15, 0.2) is 0 Å². The van der Waals surface area contributed by atoms with Gasteiger partial charge in [-0.3, -0.25) is 9.69 Å². The maximum absolute atomic E-state index is 13.0. The lowest BCUT2D eigenvalue weighted by atomic mass is 9.77. The predicted octanol–water partition coefficient (Wildman–Crippen LogP) is 3.32. The van der Waals surface area contributed by atoms with Crippen molar-refractivity contribution in [3.63, 3.8) is 0 Å². The molecule has 1 aromatic heterocycles. The van der Waals surface area contributed by atoms with Crippen LogP contribution in [0.25, 0.3) is 10.1 Å². The number of anilines is 1. The summed E-state index contributed by atoms with van der Waals surface area (Å²) in [6.07, 6.45) is 5.00. The number of carbonyl (C=O) groups excluding carboxylic acids is 1. The van der Waals surface area contributed by atoms with Gasteiger partial charge in [0.25, 0.3) is 5.91 Å². The van der Waals surface area contributed by atoms with E-state index in [1.54, 1.807) is 11.3 Å². The van der Waals surface area contributed by atoms with Crippen LogP contribution in [-0.2, 0) is 0 Å². The number of hydrogen-bond donors (Lipinski definition) is 1. The molecule has 1 aliphatic carbocycles. The summed E-state index contributed by atoms with van der Waals surface area (Å²) in [4.78, 5) is 18.6. The van der Waals surface area contributed by atoms with Crippen molar-refractivity contribution in [2.24, 2.45) is 5.92 Å². The minimum atomic E-state index is 0.123. The van der Waals surface area contributed by atoms with E-state index in [-0.39, 0.29) is 5.91 Å². The van der Waals surface area contributed by atoms with Crippen LogP contribution in [0.2, 0.25) is 0 Å². The molecule has 1 spiro atoms. The van der Waals surface area contributed by atoms with Crippen LogP contribution in [-0.4, -0.2) is 49.6 Å². The van der Waals surface area contributed by atoms with E-state index in [1.165, 1.54) is 49.2 Å². The van der Waals surface area contributed by atoms with Crippen molar-refractivity contribution in [3.05, 3.63) is 29.1 Å². The Morgan fingerprint density at radius 2 is 2.00 bits per heavy atom. The third-order valence-electron chi connectivity index (χ3n) is 6.51. The number of benzene rings is 1. The first-order valence-corrected chi connectivity index (χ1v) is 10.2. The maximum Gasteiger partial charge on any atom is 0.261 e. The molecule has 2 aromatic rings. The van der Waals surface area contributed by atoms with Crippen LogP contribution in [0.5, 0.6) is 0 Å². The van der Waals surface area contributed by atoms with Crippen molar-refractivity contribution in [1.29, 1.82) is 0 Å². The smallest absolute Gasteiger partial charge is 0.261 e. The molecule has 4 fully saturated rings. The van der Waals surface area contributed by atoms with Gasteiger partial charge in [-0.2, -0.15) is 0 Å². The van der Waals surface area contributed by atoms with E-state index >= 15 is 0 Å². The third kappa shape index (κ3) is 2.40. The van der Waals surface area contributed by atoms with Gasteiger partial charge in [-0.15, -0.1) is 11.3 Å². The highest BCUT2D eigenvalue weighted by atomic mass is 32.1. The Bertz CT molecular complexity index is 831. The minimum absolute atomic E-state index is 0.123. The number of nitrogens with one attached hydrogen (secondary N) is 1. The summed E-state index contributed by atoms with van der Waals surface area (Å²) < 4.78 is 1.19. The van der Waals surface area contributed by atoms with E-state index in [1.807, 2.05) is 14.1 Å².